The molecular weight excluding hydrogens is 282 g/mol. The van der Waals surface area contributed by atoms with Gasteiger partial charge in [0.15, 0.2) is 0 Å². The molecule has 0 aliphatic carbocycles. The maximum Gasteiger partial charge on any atom is 0.319 e. The Balaban J connectivity index is 1.84. The Morgan fingerprint density at radius 1 is 1.32 bits per heavy atom. The van der Waals surface area contributed by atoms with Crippen molar-refractivity contribution in [1.29, 1.82) is 0 Å². The molecule has 0 radical (unpaired) electrons. The summed E-state index contributed by atoms with van der Waals surface area (Å²) in [5.41, 5.74) is 1.63. The fourth-order valence-corrected chi connectivity index (χ4v) is 1.96. The van der Waals surface area contributed by atoms with E-state index in [-0.39, 0.29) is 12.1 Å². The Labute approximate surface area is 130 Å². The standard InChI is InChI=1S/C14H23N7O/c1-11(12-7-15-20(4)9-12)17-14(22)18-13-8-16-21(10-13)6-5-19(2)3/h7-11H,5-6H2,1-4H3,(H2,17,18,22)/t11-/m0/s1. The molecule has 0 unspecified atom stereocenters. The van der Waals surface area contributed by atoms with Gasteiger partial charge in [-0.05, 0) is 21.0 Å². The molecule has 0 bridgehead atoms. The number of nitrogens with zero attached hydrogens (tertiary/aromatic N) is 5. The zero-order valence-corrected chi connectivity index (χ0v) is 13.4. The summed E-state index contributed by atoms with van der Waals surface area (Å²) in [6.45, 7) is 3.59. The molecular formula is C14H23N7O. The van der Waals surface area contributed by atoms with Crippen LogP contribution in [0.2, 0.25) is 0 Å². The van der Waals surface area contributed by atoms with E-state index in [1.54, 1.807) is 21.8 Å². The average molecular weight is 305 g/mol. The van der Waals surface area contributed by atoms with Crippen molar-refractivity contribution in [1.82, 2.24) is 29.8 Å². The maximum atomic E-state index is 12.0. The van der Waals surface area contributed by atoms with Crippen molar-refractivity contribution in [3.05, 3.63) is 30.4 Å². The highest BCUT2D eigenvalue weighted by molar-refractivity contribution is 5.89. The van der Waals surface area contributed by atoms with Gasteiger partial charge in [0.1, 0.15) is 0 Å². The van der Waals surface area contributed by atoms with Gasteiger partial charge in [-0.3, -0.25) is 9.36 Å². The molecule has 2 heterocycles. The molecule has 8 heteroatoms. The van der Waals surface area contributed by atoms with E-state index in [0.29, 0.717) is 5.69 Å². The fourth-order valence-electron chi connectivity index (χ4n) is 1.96. The number of urea groups is 1. The van der Waals surface area contributed by atoms with Crippen LogP contribution in [0.3, 0.4) is 0 Å². The SMILES string of the molecule is C[C@H](NC(=O)Nc1cnn(CCN(C)C)c1)c1cnn(C)c1. The number of aryl methyl sites for hydroxylation is 1. The minimum atomic E-state index is -0.261. The first-order chi connectivity index (χ1) is 10.4. The van der Waals surface area contributed by atoms with Crippen molar-refractivity contribution in [2.45, 2.75) is 19.5 Å². The second kappa shape index (κ2) is 7.08. The van der Waals surface area contributed by atoms with Gasteiger partial charge in [0.05, 0.1) is 30.7 Å². The molecule has 2 rings (SSSR count). The van der Waals surface area contributed by atoms with Gasteiger partial charge in [0.25, 0.3) is 0 Å². The lowest BCUT2D eigenvalue weighted by Crippen LogP contribution is -2.30. The number of amides is 2. The van der Waals surface area contributed by atoms with Gasteiger partial charge >= 0.3 is 6.03 Å². The summed E-state index contributed by atoms with van der Waals surface area (Å²) in [5, 5.41) is 14.0. The predicted molar refractivity (Wildman–Crippen MR) is 84.6 cm³/mol. The van der Waals surface area contributed by atoms with Crippen molar-refractivity contribution in [3.8, 4) is 0 Å². The summed E-state index contributed by atoms with van der Waals surface area (Å²) in [6.07, 6.45) is 7.08. The van der Waals surface area contributed by atoms with Gasteiger partial charge < -0.3 is 15.5 Å². The third-order valence-corrected chi connectivity index (χ3v) is 3.24. The lowest BCUT2D eigenvalue weighted by atomic mass is 10.2. The molecule has 2 amide bonds. The zero-order valence-electron chi connectivity index (χ0n) is 13.4. The monoisotopic (exact) mass is 305 g/mol. The van der Waals surface area contributed by atoms with Gasteiger partial charge in [0.2, 0.25) is 0 Å². The Bertz CT molecular complexity index is 616. The van der Waals surface area contributed by atoms with Crippen LogP contribution in [0.4, 0.5) is 10.5 Å². The Hall–Kier alpha value is -2.35. The van der Waals surface area contributed by atoms with E-state index in [4.69, 9.17) is 0 Å². The van der Waals surface area contributed by atoms with Gasteiger partial charge in [-0.1, -0.05) is 0 Å². The predicted octanol–water partition coefficient (Wildman–Crippen LogP) is 1.06. The Kier molecular flexibility index (Phi) is 5.16. The molecule has 1 atom stereocenters. The molecule has 0 spiro atoms. The summed E-state index contributed by atoms with van der Waals surface area (Å²) in [5.74, 6) is 0. The lowest BCUT2D eigenvalue weighted by Gasteiger charge is -2.12. The second-order valence-corrected chi connectivity index (χ2v) is 5.56. The van der Waals surface area contributed by atoms with Crippen LogP contribution in [0.25, 0.3) is 0 Å². The summed E-state index contributed by atoms with van der Waals surface area (Å²) in [7, 11) is 5.87. The van der Waals surface area contributed by atoms with Crippen LogP contribution in [0, 0.1) is 0 Å². The molecule has 2 aromatic rings. The van der Waals surface area contributed by atoms with E-state index >= 15 is 0 Å². The van der Waals surface area contributed by atoms with Crippen molar-refractivity contribution in [2.75, 3.05) is 26.0 Å². The highest BCUT2D eigenvalue weighted by atomic mass is 16.2. The maximum absolute atomic E-state index is 12.0. The molecule has 2 aromatic heterocycles. The van der Waals surface area contributed by atoms with Crippen LogP contribution in [-0.4, -0.2) is 51.1 Å². The summed E-state index contributed by atoms with van der Waals surface area (Å²) < 4.78 is 3.51. The number of likely N-dealkylation sites (N-methyl/N-ethyl adjacent to an activating group) is 1. The van der Waals surface area contributed by atoms with Crippen LogP contribution < -0.4 is 10.6 Å². The summed E-state index contributed by atoms with van der Waals surface area (Å²) in [6, 6.07) is -0.374. The van der Waals surface area contributed by atoms with Crippen LogP contribution in [-0.2, 0) is 13.6 Å². The minimum absolute atomic E-state index is 0.113. The molecule has 8 nitrogen and oxygen atoms in total. The van der Waals surface area contributed by atoms with Gasteiger partial charge in [-0.15, -0.1) is 0 Å². The van der Waals surface area contributed by atoms with E-state index < -0.39 is 0 Å². The number of carbonyl (C=O) groups excluding carboxylic acids is 1. The normalized spacial score (nSPS) is 12.4. The third kappa shape index (κ3) is 4.59. The molecule has 2 N–H and O–H groups in total. The second-order valence-electron chi connectivity index (χ2n) is 5.56. The number of carbonyl (C=O) groups is 1. The van der Waals surface area contributed by atoms with Crippen LogP contribution in [0.15, 0.2) is 24.8 Å². The number of rotatable bonds is 6. The van der Waals surface area contributed by atoms with E-state index in [2.05, 4.69) is 25.7 Å². The van der Waals surface area contributed by atoms with Crippen LogP contribution >= 0.6 is 0 Å². The quantitative estimate of drug-likeness (QED) is 0.836. The number of hydrogen-bond acceptors (Lipinski definition) is 4. The lowest BCUT2D eigenvalue weighted by molar-refractivity contribution is 0.249. The topological polar surface area (TPSA) is 80.0 Å². The van der Waals surface area contributed by atoms with E-state index in [0.717, 1.165) is 18.7 Å². The molecule has 120 valence electrons. The van der Waals surface area contributed by atoms with E-state index in [9.17, 15) is 4.79 Å². The van der Waals surface area contributed by atoms with Crippen LogP contribution in [0.1, 0.15) is 18.5 Å². The minimum Gasteiger partial charge on any atom is -0.331 e. The molecule has 0 saturated carbocycles. The first-order valence-corrected chi connectivity index (χ1v) is 7.17. The number of aromatic nitrogens is 4. The first-order valence-electron chi connectivity index (χ1n) is 7.17. The molecule has 0 aliphatic rings. The Morgan fingerprint density at radius 2 is 2.09 bits per heavy atom. The Morgan fingerprint density at radius 3 is 2.73 bits per heavy atom. The summed E-state index contributed by atoms with van der Waals surface area (Å²) in [4.78, 5) is 14.1. The van der Waals surface area contributed by atoms with Gasteiger partial charge in [-0.2, -0.15) is 10.2 Å². The van der Waals surface area contributed by atoms with E-state index in [1.807, 2.05) is 40.5 Å². The van der Waals surface area contributed by atoms with Crippen molar-refractivity contribution >= 4 is 11.7 Å². The summed E-state index contributed by atoms with van der Waals surface area (Å²) >= 11 is 0. The molecule has 0 aromatic carbocycles. The number of hydrogen-bond donors (Lipinski definition) is 2. The third-order valence-electron chi connectivity index (χ3n) is 3.24. The highest BCUT2D eigenvalue weighted by Crippen LogP contribution is 2.11. The van der Waals surface area contributed by atoms with Crippen LogP contribution in [0.5, 0.6) is 0 Å². The van der Waals surface area contributed by atoms with Crippen molar-refractivity contribution in [2.24, 2.45) is 7.05 Å². The van der Waals surface area contributed by atoms with Crippen molar-refractivity contribution < 1.29 is 4.79 Å². The van der Waals surface area contributed by atoms with Gasteiger partial charge in [0, 0.05) is 31.5 Å². The average Bonchev–Trinajstić information content (AvgIpc) is 3.05. The smallest absolute Gasteiger partial charge is 0.319 e. The first kappa shape index (κ1) is 16.0. The number of anilines is 1. The highest BCUT2D eigenvalue weighted by Gasteiger charge is 2.11. The molecule has 0 saturated heterocycles. The van der Waals surface area contributed by atoms with E-state index in [1.165, 1.54) is 0 Å². The van der Waals surface area contributed by atoms with Gasteiger partial charge in [-0.25, -0.2) is 4.79 Å². The number of nitrogens with one attached hydrogen (secondary N) is 2. The fraction of sp³-hybridized carbons (Fsp3) is 0.500. The molecule has 22 heavy (non-hydrogen) atoms. The zero-order chi connectivity index (χ0) is 16.1. The molecule has 0 aliphatic heterocycles. The molecule has 0 fully saturated rings. The van der Waals surface area contributed by atoms with Crippen molar-refractivity contribution in [3.63, 3.8) is 0 Å². The largest absolute Gasteiger partial charge is 0.331 e.